The number of nitrogens with one attached hydrogen (secondary N) is 1. The van der Waals surface area contributed by atoms with Crippen molar-refractivity contribution < 1.29 is 10.2 Å². The summed E-state index contributed by atoms with van der Waals surface area (Å²) in [6, 6.07) is 6.06. The Hall–Kier alpha value is -1.26. The van der Waals surface area contributed by atoms with Gasteiger partial charge >= 0.3 is 0 Å². The van der Waals surface area contributed by atoms with E-state index in [9.17, 15) is 5.11 Å². The van der Waals surface area contributed by atoms with Crippen LogP contribution in [0.25, 0.3) is 0 Å². The summed E-state index contributed by atoms with van der Waals surface area (Å²) in [5.41, 5.74) is 2.00. The number of aliphatic hydroxyl groups is 1. The summed E-state index contributed by atoms with van der Waals surface area (Å²) < 4.78 is 0. The van der Waals surface area contributed by atoms with Crippen molar-refractivity contribution in [3.8, 4) is 5.75 Å². The number of phenols is 1. The minimum Gasteiger partial charge on any atom is -0.508 e. The van der Waals surface area contributed by atoms with Crippen LogP contribution in [0.3, 0.4) is 0 Å². The molecule has 0 saturated carbocycles. The van der Waals surface area contributed by atoms with Crippen molar-refractivity contribution >= 4 is 5.69 Å². The van der Waals surface area contributed by atoms with Crippen LogP contribution < -0.4 is 10.2 Å². The van der Waals surface area contributed by atoms with Crippen LogP contribution in [0.5, 0.6) is 5.75 Å². The lowest BCUT2D eigenvalue weighted by Gasteiger charge is -2.21. The van der Waals surface area contributed by atoms with Crippen molar-refractivity contribution in [3.05, 3.63) is 23.8 Å². The molecule has 106 valence electrons. The van der Waals surface area contributed by atoms with Crippen LogP contribution in [-0.4, -0.2) is 37.0 Å². The van der Waals surface area contributed by atoms with E-state index in [2.05, 4.69) is 16.3 Å². The molecule has 1 aliphatic heterocycles. The van der Waals surface area contributed by atoms with E-state index >= 15 is 0 Å². The molecule has 4 heteroatoms. The number of nitrogens with zero attached hydrogens (tertiary/aromatic N) is 1. The summed E-state index contributed by atoms with van der Waals surface area (Å²) in [4.78, 5) is 2.29. The van der Waals surface area contributed by atoms with E-state index in [1.165, 1.54) is 0 Å². The summed E-state index contributed by atoms with van der Waals surface area (Å²) in [5, 5.41) is 22.2. The second-order valence-corrected chi connectivity index (χ2v) is 5.37. The molecule has 0 aliphatic carbocycles. The first kappa shape index (κ1) is 14.2. The van der Waals surface area contributed by atoms with Crippen LogP contribution in [0, 0.1) is 5.92 Å². The van der Waals surface area contributed by atoms with E-state index in [0.717, 1.165) is 37.2 Å². The number of anilines is 1. The summed E-state index contributed by atoms with van der Waals surface area (Å²) in [6.45, 7) is 4.27. The van der Waals surface area contributed by atoms with Gasteiger partial charge in [0.2, 0.25) is 0 Å². The fraction of sp³-hybridized carbons (Fsp3) is 0.600. The molecule has 0 amide bonds. The average Bonchev–Trinajstić information content (AvgIpc) is 2.87. The molecule has 1 saturated heterocycles. The number of aliphatic hydroxyl groups excluding tert-OH is 1. The van der Waals surface area contributed by atoms with Crippen LogP contribution in [0.15, 0.2) is 18.2 Å². The van der Waals surface area contributed by atoms with Crippen LogP contribution in [0.1, 0.15) is 31.4 Å². The third-order valence-electron chi connectivity index (χ3n) is 4.10. The molecule has 1 aromatic carbocycles. The van der Waals surface area contributed by atoms with Crippen LogP contribution in [0.2, 0.25) is 0 Å². The van der Waals surface area contributed by atoms with Crippen molar-refractivity contribution in [1.29, 1.82) is 0 Å². The molecule has 3 N–H and O–H groups in total. The Kier molecular flexibility index (Phi) is 4.66. The first-order valence-corrected chi connectivity index (χ1v) is 7.01. The van der Waals surface area contributed by atoms with Crippen molar-refractivity contribution in [3.63, 3.8) is 0 Å². The van der Waals surface area contributed by atoms with Gasteiger partial charge in [0.1, 0.15) is 5.75 Å². The fourth-order valence-corrected chi connectivity index (χ4v) is 2.74. The Labute approximate surface area is 115 Å². The molecule has 4 nitrogen and oxygen atoms in total. The van der Waals surface area contributed by atoms with E-state index in [1.807, 2.05) is 26.1 Å². The lowest BCUT2D eigenvalue weighted by atomic mass is 10.1. The van der Waals surface area contributed by atoms with E-state index in [-0.39, 0.29) is 12.6 Å². The molecular weight excluding hydrogens is 240 g/mol. The highest BCUT2D eigenvalue weighted by atomic mass is 16.3. The molecule has 1 heterocycles. The summed E-state index contributed by atoms with van der Waals surface area (Å²) >= 11 is 0. The quantitative estimate of drug-likeness (QED) is 0.760. The maximum Gasteiger partial charge on any atom is 0.122 e. The summed E-state index contributed by atoms with van der Waals surface area (Å²) in [7, 11) is 1.89. The molecule has 1 aliphatic rings. The third kappa shape index (κ3) is 3.19. The minimum absolute atomic E-state index is 0.148. The zero-order valence-corrected chi connectivity index (χ0v) is 11.8. The molecule has 1 aromatic rings. The standard InChI is InChI=1S/C15H24N2O2/c1-11(16-2)14-4-3-13(9-15(14)19)17-7-5-12(10-17)6-8-18/h3-4,9,11-12,16,18-19H,5-8,10H2,1-2H3. The predicted octanol–water partition coefficient (Wildman–Crippen LogP) is 1.88. The second kappa shape index (κ2) is 6.26. The van der Waals surface area contributed by atoms with Crippen LogP contribution in [0.4, 0.5) is 5.69 Å². The molecular formula is C15H24N2O2. The number of benzene rings is 1. The number of aromatic hydroxyl groups is 1. The van der Waals surface area contributed by atoms with Gasteiger partial charge < -0.3 is 20.4 Å². The van der Waals surface area contributed by atoms with Gasteiger partial charge in [0.15, 0.2) is 0 Å². The molecule has 2 unspecified atom stereocenters. The predicted molar refractivity (Wildman–Crippen MR) is 77.6 cm³/mol. The summed E-state index contributed by atoms with van der Waals surface area (Å²) in [5.74, 6) is 0.924. The molecule has 2 atom stereocenters. The molecule has 0 spiro atoms. The molecule has 0 radical (unpaired) electrons. The van der Waals surface area contributed by atoms with E-state index in [1.54, 1.807) is 0 Å². The maximum absolute atomic E-state index is 10.1. The van der Waals surface area contributed by atoms with Gasteiger partial charge in [-0.2, -0.15) is 0 Å². The van der Waals surface area contributed by atoms with Gasteiger partial charge in [-0.15, -0.1) is 0 Å². The zero-order chi connectivity index (χ0) is 13.8. The molecule has 19 heavy (non-hydrogen) atoms. The van der Waals surface area contributed by atoms with E-state index in [0.29, 0.717) is 11.7 Å². The lowest BCUT2D eigenvalue weighted by molar-refractivity contribution is 0.263. The zero-order valence-electron chi connectivity index (χ0n) is 11.8. The SMILES string of the molecule is CNC(C)c1ccc(N2CCC(CCO)C2)cc1O. The minimum atomic E-state index is 0.148. The Morgan fingerprint density at radius 2 is 2.26 bits per heavy atom. The molecule has 2 rings (SSSR count). The number of rotatable bonds is 5. The van der Waals surface area contributed by atoms with Gasteiger partial charge in [-0.25, -0.2) is 0 Å². The van der Waals surface area contributed by atoms with Gasteiger partial charge in [0, 0.05) is 43.1 Å². The molecule has 0 aromatic heterocycles. The normalized spacial score (nSPS) is 20.8. The first-order valence-electron chi connectivity index (χ1n) is 7.01. The monoisotopic (exact) mass is 264 g/mol. The second-order valence-electron chi connectivity index (χ2n) is 5.37. The topological polar surface area (TPSA) is 55.7 Å². The Morgan fingerprint density at radius 1 is 1.47 bits per heavy atom. The van der Waals surface area contributed by atoms with E-state index in [4.69, 9.17) is 5.11 Å². The van der Waals surface area contributed by atoms with Crippen molar-refractivity contribution in [2.24, 2.45) is 5.92 Å². The van der Waals surface area contributed by atoms with Gasteiger partial charge in [-0.3, -0.25) is 0 Å². The van der Waals surface area contributed by atoms with Crippen molar-refractivity contribution in [1.82, 2.24) is 5.32 Å². The van der Waals surface area contributed by atoms with Gasteiger partial charge in [-0.05, 0) is 38.8 Å². The Balaban J connectivity index is 2.08. The van der Waals surface area contributed by atoms with Crippen LogP contribution >= 0.6 is 0 Å². The van der Waals surface area contributed by atoms with Gasteiger partial charge in [0.25, 0.3) is 0 Å². The highest BCUT2D eigenvalue weighted by molar-refractivity contribution is 5.54. The summed E-state index contributed by atoms with van der Waals surface area (Å²) in [6.07, 6.45) is 1.99. The highest BCUT2D eigenvalue weighted by Crippen LogP contribution is 2.32. The smallest absolute Gasteiger partial charge is 0.122 e. The molecule has 1 fully saturated rings. The fourth-order valence-electron chi connectivity index (χ4n) is 2.74. The van der Waals surface area contributed by atoms with E-state index < -0.39 is 0 Å². The van der Waals surface area contributed by atoms with Gasteiger partial charge in [0.05, 0.1) is 0 Å². The maximum atomic E-state index is 10.1. The van der Waals surface area contributed by atoms with Crippen molar-refractivity contribution in [2.75, 3.05) is 31.6 Å². The third-order valence-corrected chi connectivity index (χ3v) is 4.10. The van der Waals surface area contributed by atoms with Crippen molar-refractivity contribution in [2.45, 2.75) is 25.8 Å². The Morgan fingerprint density at radius 3 is 2.89 bits per heavy atom. The largest absolute Gasteiger partial charge is 0.508 e. The Bertz CT molecular complexity index is 423. The van der Waals surface area contributed by atoms with Crippen LogP contribution in [-0.2, 0) is 0 Å². The lowest BCUT2D eigenvalue weighted by Crippen LogP contribution is -2.20. The molecule has 0 bridgehead atoms. The number of phenolic OH excluding ortho intramolecular Hbond substituents is 1. The highest BCUT2D eigenvalue weighted by Gasteiger charge is 2.22. The average molecular weight is 264 g/mol. The number of hydrogen-bond donors (Lipinski definition) is 3. The number of hydrogen-bond acceptors (Lipinski definition) is 4. The van der Waals surface area contributed by atoms with Gasteiger partial charge in [-0.1, -0.05) is 6.07 Å². The first-order chi connectivity index (χ1) is 9.15.